The van der Waals surface area contributed by atoms with E-state index in [1.807, 2.05) is 6.92 Å². The summed E-state index contributed by atoms with van der Waals surface area (Å²) in [4.78, 5) is 22.7. The number of nitrogens with zero attached hydrogens (tertiary/aromatic N) is 1. The third kappa shape index (κ3) is 5.01. The summed E-state index contributed by atoms with van der Waals surface area (Å²) in [6.45, 7) is 2.53. The Kier molecular flexibility index (Phi) is 5.53. The van der Waals surface area contributed by atoms with Gasteiger partial charge in [0.25, 0.3) is 0 Å². The molecule has 12 heavy (non-hydrogen) atoms. The van der Waals surface area contributed by atoms with Crippen LogP contribution >= 0.6 is 11.8 Å². The average Bonchev–Trinajstić information content (AvgIpc) is 2.02. The zero-order valence-electron chi connectivity index (χ0n) is 7.24. The van der Waals surface area contributed by atoms with Gasteiger partial charge in [0.15, 0.2) is 0 Å². The molecule has 0 aromatic carbocycles. The molecule has 0 atom stereocenters. The van der Waals surface area contributed by atoms with E-state index in [1.54, 1.807) is 11.9 Å². The number of hydrogen-bond acceptors (Lipinski definition) is 3. The number of aliphatic carboxylic acids is 1. The first kappa shape index (κ1) is 11.3. The highest BCUT2D eigenvalue weighted by Crippen LogP contribution is 2.00. The Labute approximate surface area is 75.9 Å². The second-order valence-corrected chi connectivity index (χ2v) is 3.28. The molecular formula is C7H13NO3S. The van der Waals surface area contributed by atoms with Crippen LogP contribution in [0.25, 0.3) is 0 Å². The lowest BCUT2D eigenvalue weighted by molar-refractivity contribution is -0.133. The molecule has 1 amide bonds. The van der Waals surface area contributed by atoms with Crippen LogP contribution in [0.4, 0.5) is 0 Å². The van der Waals surface area contributed by atoms with Crippen molar-refractivity contribution in [1.82, 2.24) is 4.90 Å². The maximum atomic E-state index is 11.1. The van der Waals surface area contributed by atoms with Crippen LogP contribution in [0.5, 0.6) is 0 Å². The Bertz CT molecular complexity index is 172. The van der Waals surface area contributed by atoms with Crippen molar-refractivity contribution in [3.05, 3.63) is 0 Å². The molecule has 0 heterocycles. The molecule has 0 rings (SSSR count). The van der Waals surface area contributed by atoms with Crippen LogP contribution < -0.4 is 0 Å². The molecule has 0 aliphatic rings. The van der Waals surface area contributed by atoms with Gasteiger partial charge >= 0.3 is 5.97 Å². The quantitative estimate of drug-likeness (QED) is 0.678. The molecule has 0 radical (unpaired) electrons. The summed E-state index contributed by atoms with van der Waals surface area (Å²) in [6.07, 6.45) is 0. The molecule has 0 saturated carbocycles. The van der Waals surface area contributed by atoms with Gasteiger partial charge in [-0.15, -0.1) is 11.8 Å². The van der Waals surface area contributed by atoms with E-state index in [0.717, 1.165) is 11.8 Å². The Morgan fingerprint density at radius 2 is 2.00 bits per heavy atom. The molecule has 0 fully saturated rings. The molecule has 5 heteroatoms. The number of rotatable bonds is 5. The van der Waals surface area contributed by atoms with Crippen LogP contribution in [0.3, 0.4) is 0 Å². The molecule has 0 unspecified atom stereocenters. The molecule has 0 aromatic heterocycles. The summed E-state index contributed by atoms with van der Waals surface area (Å²) >= 11 is 1.12. The summed E-state index contributed by atoms with van der Waals surface area (Å²) in [7, 11) is 1.70. The van der Waals surface area contributed by atoms with Crippen molar-refractivity contribution in [1.29, 1.82) is 0 Å². The average molecular weight is 191 g/mol. The fourth-order valence-corrected chi connectivity index (χ4v) is 1.18. The lowest BCUT2D eigenvalue weighted by Gasteiger charge is -2.13. The largest absolute Gasteiger partial charge is 0.481 e. The molecule has 1 N–H and O–H groups in total. The third-order valence-corrected chi connectivity index (χ3v) is 2.25. The summed E-state index contributed by atoms with van der Waals surface area (Å²) < 4.78 is 0. The minimum Gasteiger partial charge on any atom is -0.481 e. The summed E-state index contributed by atoms with van der Waals surface area (Å²) in [5.74, 6) is -0.671. The molecule has 0 spiro atoms. The van der Waals surface area contributed by atoms with Gasteiger partial charge in [0, 0.05) is 13.6 Å². The van der Waals surface area contributed by atoms with Crippen LogP contribution in [0.1, 0.15) is 6.92 Å². The number of carbonyl (C=O) groups is 2. The van der Waals surface area contributed by atoms with Crippen LogP contribution in [-0.4, -0.2) is 47.0 Å². The van der Waals surface area contributed by atoms with Gasteiger partial charge in [0.2, 0.25) is 5.91 Å². The van der Waals surface area contributed by atoms with Crippen molar-refractivity contribution >= 4 is 23.6 Å². The van der Waals surface area contributed by atoms with E-state index in [4.69, 9.17) is 5.11 Å². The van der Waals surface area contributed by atoms with Crippen LogP contribution in [0.2, 0.25) is 0 Å². The number of carbonyl (C=O) groups excluding carboxylic acids is 1. The molecule has 0 aliphatic carbocycles. The van der Waals surface area contributed by atoms with E-state index in [-0.39, 0.29) is 17.4 Å². The van der Waals surface area contributed by atoms with Crippen molar-refractivity contribution in [3.63, 3.8) is 0 Å². The maximum absolute atomic E-state index is 11.1. The predicted octanol–water partition coefficient (Wildman–Crippen LogP) is 0.283. The van der Waals surface area contributed by atoms with E-state index in [0.29, 0.717) is 6.54 Å². The summed E-state index contributed by atoms with van der Waals surface area (Å²) in [5, 5.41) is 8.28. The minimum absolute atomic E-state index is 0.0106. The van der Waals surface area contributed by atoms with Gasteiger partial charge in [-0.3, -0.25) is 9.59 Å². The second kappa shape index (κ2) is 5.88. The molecule has 0 saturated heterocycles. The van der Waals surface area contributed by atoms with Gasteiger partial charge in [-0.1, -0.05) is 0 Å². The topological polar surface area (TPSA) is 57.6 Å². The summed E-state index contributed by atoms with van der Waals surface area (Å²) in [5.41, 5.74) is 0. The van der Waals surface area contributed by atoms with Gasteiger partial charge in [-0.05, 0) is 6.92 Å². The highest BCUT2D eigenvalue weighted by atomic mass is 32.2. The molecule has 4 nitrogen and oxygen atoms in total. The Morgan fingerprint density at radius 3 is 2.42 bits per heavy atom. The second-order valence-electron chi connectivity index (χ2n) is 2.29. The van der Waals surface area contributed by atoms with Gasteiger partial charge in [0.05, 0.1) is 11.5 Å². The zero-order valence-corrected chi connectivity index (χ0v) is 8.06. The van der Waals surface area contributed by atoms with E-state index in [2.05, 4.69) is 0 Å². The zero-order chi connectivity index (χ0) is 9.56. The number of hydrogen-bond donors (Lipinski definition) is 1. The van der Waals surface area contributed by atoms with Gasteiger partial charge in [0.1, 0.15) is 0 Å². The summed E-state index contributed by atoms with van der Waals surface area (Å²) in [6, 6.07) is 0. The first-order valence-corrected chi connectivity index (χ1v) is 4.77. The predicted molar refractivity (Wildman–Crippen MR) is 48.3 cm³/mol. The lowest BCUT2D eigenvalue weighted by Crippen LogP contribution is -2.28. The number of amides is 1. The molecule has 0 aromatic rings. The first-order valence-electron chi connectivity index (χ1n) is 3.61. The van der Waals surface area contributed by atoms with E-state index in [9.17, 15) is 9.59 Å². The molecule has 70 valence electrons. The van der Waals surface area contributed by atoms with Crippen molar-refractivity contribution in [2.24, 2.45) is 0 Å². The third-order valence-electron chi connectivity index (χ3n) is 1.35. The fraction of sp³-hybridized carbons (Fsp3) is 0.714. The van der Waals surface area contributed by atoms with Crippen LogP contribution in [0, 0.1) is 0 Å². The maximum Gasteiger partial charge on any atom is 0.313 e. The van der Waals surface area contributed by atoms with Crippen molar-refractivity contribution in [2.45, 2.75) is 6.92 Å². The van der Waals surface area contributed by atoms with E-state index >= 15 is 0 Å². The SMILES string of the molecule is CCN(C)C(=O)CSCC(=O)O. The number of carboxylic acids is 1. The monoisotopic (exact) mass is 191 g/mol. The Morgan fingerprint density at radius 1 is 1.42 bits per heavy atom. The minimum atomic E-state index is -0.882. The molecular weight excluding hydrogens is 178 g/mol. The van der Waals surface area contributed by atoms with Gasteiger partial charge < -0.3 is 10.0 Å². The first-order chi connectivity index (χ1) is 5.57. The van der Waals surface area contributed by atoms with Crippen LogP contribution in [-0.2, 0) is 9.59 Å². The van der Waals surface area contributed by atoms with Gasteiger partial charge in [-0.2, -0.15) is 0 Å². The Balaban J connectivity index is 3.50. The van der Waals surface area contributed by atoms with Gasteiger partial charge in [-0.25, -0.2) is 0 Å². The van der Waals surface area contributed by atoms with Crippen molar-refractivity contribution < 1.29 is 14.7 Å². The van der Waals surface area contributed by atoms with Crippen molar-refractivity contribution in [3.8, 4) is 0 Å². The Hall–Kier alpha value is -0.710. The number of carboxylic acid groups (broad SMARTS) is 1. The molecule has 0 aliphatic heterocycles. The normalized spacial score (nSPS) is 9.50. The highest BCUT2D eigenvalue weighted by Gasteiger charge is 2.07. The number of thioether (sulfide) groups is 1. The van der Waals surface area contributed by atoms with Crippen LogP contribution in [0.15, 0.2) is 0 Å². The highest BCUT2D eigenvalue weighted by molar-refractivity contribution is 8.00. The van der Waals surface area contributed by atoms with E-state index in [1.165, 1.54) is 0 Å². The van der Waals surface area contributed by atoms with Crippen molar-refractivity contribution in [2.75, 3.05) is 25.1 Å². The lowest BCUT2D eigenvalue weighted by atomic mass is 10.5. The van der Waals surface area contributed by atoms with E-state index < -0.39 is 5.97 Å². The smallest absolute Gasteiger partial charge is 0.313 e. The standard InChI is InChI=1S/C7H13NO3S/c1-3-8(2)6(9)4-12-5-7(10)11/h3-5H2,1-2H3,(H,10,11). The molecule has 0 bridgehead atoms. The fourth-order valence-electron chi connectivity index (χ4n) is 0.512.